The van der Waals surface area contributed by atoms with Crippen molar-refractivity contribution in [1.29, 1.82) is 0 Å². The lowest BCUT2D eigenvalue weighted by Gasteiger charge is -2.02. The monoisotopic (exact) mass is 225 g/mol. The van der Waals surface area contributed by atoms with E-state index in [4.69, 9.17) is 0 Å². The van der Waals surface area contributed by atoms with E-state index in [-0.39, 0.29) is 5.91 Å². The van der Waals surface area contributed by atoms with Crippen molar-refractivity contribution in [1.82, 2.24) is 15.1 Å². The van der Waals surface area contributed by atoms with E-state index >= 15 is 0 Å². The molecule has 16 heavy (non-hydrogen) atoms. The molecule has 1 aromatic rings. The standard InChI is InChI=1S/C10H17N3O.C2H6/c1-7(2)9-5-8(3)13(12-9)6-10(14)11-4;1-2/h5,7H,6H2,1-4H3,(H,11,14);1-2H3. The highest BCUT2D eigenvalue weighted by Gasteiger charge is 2.09. The number of amides is 1. The van der Waals surface area contributed by atoms with Crippen molar-refractivity contribution in [3.8, 4) is 0 Å². The van der Waals surface area contributed by atoms with Crippen molar-refractivity contribution >= 4 is 5.91 Å². The third kappa shape index (κ3) is 4.04. The van der Waals surface area contributed by atoms with Gasteiger partial charge in [0.25, 0.3) is 0 Å². The van der Waals surface area contributed by atoms with E-state index in [1.165, 1.54) is 0 Å². The maximum atomic E-state index is 11.1. The van der Waals surface area contributed by atoms with Crippen LogP contribution in [0, 0.1) is 6.92 Å². The van der Waals surface area contributed by atoms with Crippen LogP contribution in [0.5, 0.6) is 0 Å². The molecule has 0 radical (unpaired) electrons. The lowest BCUT2D eigenvalue weighted by atomic mass is 10.1. The highest BCUT2D eigenvalue weighted by atomic mass is 16.1. The van der Waals surface area contributed by atoms with Crippen molar-refractivity contribution in [2.75, 3.05) is 7.05 Å². The largest absolute Gasteiger partial charge is 0.358 e. The predicted molar refractivity (Wildman–Crippen MR) is 66.5 cm³/mol. The predicted octanol–water partition coefficient (Wildman–Crippen LogP) is 2.09. The number of hydrogen-bond donors (Lipinski definition) is 1. The van der Waals surface area contributed by atoms with Crippen LogP contribution < -0.4 is 5.32 Å². The Labute approximate surface area is 98.0 Å². The molecule has 0 atom stereocenters. The maximum absolute atomic E-state index is 11.1. The Morgan fingerprint density at radius 3 is 2.44 bits per heavy atom. The second-order valence-electron chi connectivity index (χ2n) is 3.70. The molecule has 0 aromatic carbocycles. The van der Waals surface area contributed by atoms with Gasteiger partial charge < -0.3 is 5.32 Å². The van der Waals surface area contributed by atoms with Gasteiger partial charge in [0.2, 0.25) is 5.91 Å². The average Bonchev–Trinajstić information content (AvgIpc) is 2.63. The van der Waals surface area contributed by atoms with Gasteiger partial charge in [-0.15, -0.1) is 0 Å². The Balaban J connectivity index is 0.00000106. The summed E-state index contributed by atoms with van der Waals surface area (Å²) in [5, 5.41) is 6.93. The molecule has 0 unspecified atom stereocenters. The zero-order valence-corrected chi connectivity index (χ0v) is 11.2. The minimum Gasteiger partial charge on any atom is -0.358 e. The van der Waals surface area contributed by atoms with Crippen molar-refractivity contribution in [3.63, 3.8) is 0 Å². The number of hydrogen-bond acceptors (Lipinski definition) is 2. The Morgan fingerprint density at radius 1 is 1.50 bits per heavy atom. The van der Waals surface area contributed by atoms with Crippen LogP contribution in [0.1, 0.15) is 45.0 Å². The van der Waals surface area contributed by atoms with Gasteiger partial charge in [0.05, 0.1) is 5.69 Å². The molecule has 0 aliphatic rings. The molecule has 0 aliphatic carbocycles. The molecule has 0 spiro atoms. The summed E-state index contributed by atoms with van der Waals surface area (Å²) in [6, 6.07) is 2.02. The summed E-state index contributed by atoms with van der Waals surface area (Å²) in [7, 11) is 1.63. The molecule has 0 bridgehead atoms. The Morgan fingerprint density at radius 2 is 2.06 bits per heavy atom. The molecule has 1 heterocycles. The van der Waals surface area contributed by atoms with Gasteiger partial charge in [-0.05, 0) is 18.9 Å². The Hall–Kier alpha value is -1.32. The van der Waals surface area contributed by atoms with Crippen molar-refractivity contribution < 1.29 is 4.79 Å². The molecule has 4 nitrogen and oxygen atoms in total. The van der Waals surface area contributed by atoms with Crippen LogP contribution in [0.3, 0.4) is 0 Å². The van der Waals surface area contributed by atoms with Crippen LogP contribution in [-0.2, 0) is 11.3 Å². The number of carbonyl (C=O) groups is 1. The van der Waals surface area contributed by atoms with E-state index in [9.17, 15) is 4.79 Å². The molecule has 0 fully saturated rings. The van der Waals surface area contributed by atoms with E-state index in [1.807, 2.05) is 26.8 Å². The smallest absolute Gasteiger partial charge is 0.241 e. The van der Waals surface area contributed by atoms with E-state index in [0.717, 1.165) is 11.4 Å². The van der Waals surface area contributed by atoms with Gasteiger partial charge in [0.1, 0.15) is 6.54 Å². The molecule has 0 aliphatic heterocycles. The van der Waals surface area contributed by atoms with Gasteiger partial charge in [0.15, 0.2) is 0 Å². The van der Waals surface area contributed by atoms with E-state index < -0.39 is 0 Å². The first-order chi connectivity index (χ1) is 7.54. The fourth-order valence-corrected chi connectivity index (χ4v) is 1.19. The zero-order valence-electron chi connectivity index (χ0n) is 11.2. The Kier molecular flexibility index (Phi) is 6.46. The summed E-state index contributed by atoms with van der Waals surface area (Å²) in [5.74, 6) is 0.381. The summed E-state index contributed by atoms with van der Waals surface area (Å²) in [6.45, 7) is 10.4. The number of likely N-dealkylation sites (N-methyl/N-ethyl adjacent to an activating group) is 1. The topological polar surface area (TPSA) is 46.9 Å². The van der Waals surface area contributed by atoms with E-state index in [1.54, 1.807) is 11.7 Å². The molecule has 0 saturated heterocycles. The quantitative estimate of drug-likeness (QED) is 0.856. The SMILES string of the molecule is CC.CNC(=O)Cn1nc(C(C)C)cc1C. The molecular formula is C12H23N3O. The van der Waals surface area contributed by atoms with Crippen LogP contribution in [0.25, 0.3) is 0 Å². The van der Waals surface area contributed by atoms with E-state index in [0.29, 0.717) is 12.5 Å². The molecular weight excluding hydrogens is 202 g/mol. The van der Waals surface area contributed by atoms with Gasteiger partial charge in [-0.3, -0.25) is 9.48 Å². The highest BCUT2D eigenvalue weighted by Crippen LogP contribution is 2.13. The molecule has 0 saturated carbocycles. The summed E-state index contributed by atoms with van der Waals surface area (Å²) in [4.78, 5) is 11.1. The van der Waals surface area contributed by atoms with Crippen molar-refractivity contribution in [2.24, 2.45) is 0 Å². The number of carbonyl (C=O) groups excluding carboxylic acids is 1. The summed E-state index contributed by atoms with van der Waals surface area (Å²) in [5.41, 5.74) is 2.06. The lowest BCUT2D eigenvalue weighted by molar-refractivity contribution is -0.121. The molecule has 1 amide bonds. The van der Waals surface area contributed by atoms with Crippen LogP contribution in [-0.4, -0.2) is 22.7 Å². The third-order valence-electron chi connectivity index (χ3n) is 2.16. The van der Waals surface area contributed by atoms with Gasteiger partial charge >= 0.3 is 0 Å². The number of aryl methyl sites for hydroxylation is 1. The Bertz CT molecular complexity index is 329. The first-order valence-corrected chi connectivity index (χ1v) is 5.79. The number of rotatable bonds is 3. The first kappa shape index (κ1) is 14.7. The normalized spacial score (nSPS) is 9.69. The third-order valence-corrected chi connectivity index (χ3v) is 2.16. The van der Waals surface area contributed by atoms with E-state index in [2.05, 4.69) is 24.3 Å². The fourth-order valence-electron chi connectivity index (χ4n) is 1.19. The fraction of sp³-hybridized carbons (Fsp3) is 0.667. The average molecular weight is 225 g/mol. The minimum atomic E-state index is -0.0218. The second-order valence-corrected chi connectivity index (χ2v) is 3.70. The van der Waals surface area contributed by atoms with Crippen molar-refractivity contribution in [2.45, 2.75) is 47.1 Å². The van der Waals surface area contributed by atoms with Gasteiger partial charge in [-0.2, -0.15) is 5.10 Å². The highest BCUT2D eigenvalue weighted by molar-refractivity contribution is 5.75. The molecule has 4 heteroatoms. The van der Waals surface area contributed by atoms with Crippen LogP contribution in [0.15, 0.2) is 6.07 Å². The molecule has 1 N–H and O–H groups in total. The minimum absolute atomic E-state index is 0.0218. The molecule has 92 valence electrons. The lowest BCUT2D eigenvalue weighted by Crippen LogP contribution is -2.24. The summed E-state index contributed by atoms with van der Waals surface area (Å²) >= 11 is 0. The summed E-state index contributed by atoms with van der Waals surface area (Å²) in [6.07, 6.45) is 0. The maximum Gasteiger partial charge on any atom is 0.241 e. The van der Waals surface area contributed by atoms with Gasteiger partial charge in [-0.25, -0.2) is 0 Å². The van der Waals surface area contributed by atoms with Crippen LogP contribution in [0.4, 0.5) is 0 Å². The van der Waals surface area contributed by atoms with Crippen molar-refractivity contribution in [3.05, 3.63) is 17.5 Å². The zero-order chi connectivity index (χ0) is 12.7. The van der Waals surface area contributed by atoms with Gasteiger partial charge in [-0.1, -0.05) is 27.7 Å². The number of aromatic nitrogens is 2. The second kappa shape index (κ2) is 7.04. The summed E-state index contributed by atoms with van der Waals surface area (Å²) < 4.78 is 1.73. The number of nitrogens with one attached hydrogen (secondary N) is 1. The molecule has 1 aromatic heterocycles. The van der Waals surface area contributed by atoms with Crippen LogP contribution in [0.2, 0.25) is 0 Å². The number of nitrogens with zero attached hydrogens (tertiary/aromatic N) is 2. The van der Waals surface area contributed by atoms with Crippen LogP contribution >= 0.6 is 0 Å². The molecule has 1 rings (SSSR count). The van der Waals surface area contributed by atoms with Gasteiger partial charge in [0, 0.05) is 12.7 Å². The first-order valence-electron chi connectivity index (χ1n) is 5.79.